The lowest BCUT2D eigenvalue weighted by Gasteiger charge is -2.36. The van der Waals surface area contributed by atoms with Crippen molar-refractivity contribution < 1.29 is 14.4 Å². The summed E-state index contributed by atoms with van der Waals surface area (Å²) in [6.07, 6.45) is 3.51. The van der Waals surface area contributed by atoms with Crippen LogP contribution in [-0.4, -0.2) is 57.2 Å². The summed E-state index contributed by atoms with van der Waals surface area (Å²) in [7, 11) is 0. The fourth-order valence-corrected chi connectivity index (χ4v) is 4.23. The monoisotopic (exact) mass is 396 g/mol. The minimum Gasteiger partial charge on any atom is -0.329 e. The highest BCUT2D eigenvalue weighted by Gasteiger charge is 2.31. The van der Waals surface area contributed by atoms with Crippen LogP contribution in [0.2, 0.25) is 0 Å². The van der Waals surface area contributed by atoms with Gasteiger partial charge in [0.1, 0.15) is 0 Å². The van der Waals surface area contributed by atoms with Crippen LogP contribution >= 0.6 is 11.8 Å². The van der Waals surface area contributed by atoms with Crippen molar-refractivity contribution in [3.05, 3.63) is 65.5 Å². The average molecular weight is 396 g/mol. The molecule has 4 rings (SSSR count). The molecule has 144 valence electrons. The summed E-state index contributed by atoms with van der Waals surface area (Å²) in [5, 5.41) is 3.10. The Morgan fingerprint density at radius 2 is 2.14 bits per heavy atom. The standard InChI is InChI=1S/C20H20N4O3S/c25-18-13-28-20(27)24(18)12-14-3-1-4-15(9-14)19(26)23-8-7-22-11-17(23)16-5-2-6-21-10-16/h1-6,9-10,17,22H,7-8,11-13H2. The van der Waals surface area contributed by atoms with Crippen LogP contribution in [0.4, 0.5) is 4.79 Å². The number of piperazine rings is 1. The molecule has 28 heavy (non-hydrogen) atoms. The Hall–Kier alpha value is -2.71. The van der Waals surface area contributed by atoms with Crippen LogP contribution in [0.1, 0.15) is 27.5 Å². The van der Waals surface area contributed by atoms with Gasteiger partial charge in [0.2, 0.25) is 5.91 Å². The van der Waals surface area contributed by atoms with Crippen LogP contribution < -0.4 is 5.32 Å². The van der Waals surface area contributed by atoms with E-state index in [1.54, 1.807) is 30.6 Å². The van der Waals surface area contributed by atoms with Gasteiger partial charge in [0.05, 0.1) is 18.3 Å². The van der Waals surface area contributed by atoms with Crippen molar-refractivity contribution >= 4 is 28.8 Å². The molecule has 2 aliphatic rings. The minimum atomic E-state index is -0.236. The quantitative estimate of drug-likeness (QED) is 0.852. The number of carbonyl (C=O) groups is 3. The van der Waals surface area contributed by atoms with Gasteiger partial charge in [0, 0.05) is 37.6 Å². The summed E-state index contributed by atoms with van der Waals surface area (Å²) in [4.78, 5) is 44.2. The minimum absolute atomic E-state index is 0.0642. The third-order valence-electron chi connectivity index (χ3n) is 4.93. The first-order chi connectivity index (χ1) is 13.6. The number of nitrogens with one attached hydrogen (secondary N) is 1. The SMILES string of the molecule is O=C1CSC(=O)N1Cc1cccc(C(=O)N2CCNCC2c2cccnc2)c1. The average Bonchev–Trinajstić information content (AvgIpc) is 3.06. The predicted molar refractivity (Wildman–Crippen MR) is 106 cm³/mol. The number of pyridine rings is 1. The van der Waals surface area contributed by atoms with Crippen molar-refractivity contribution in [3.63, 3.8) is 0 Å². The molecule has 7 nitrogen and oxygen atoms in total. The molecule has 2 saturated heterocycles. The normalized spacial score (nSPS) is 19.9. The van der Waals surface area contributed by atoms with Gasteiger partial charge < -0.3 is 10.2 Å². The van der Waals surface area contributed by atoms with Crippen molar-refractivity contribution in [3.8, 4) is 0 Å². The maximum atomic E-state index is 13.2. The molecule has 0 spiro atoms. The van der Waals surface area contributed by atoms with Gasteiger partial charge in [0.15, 0.2) is 0 Å². The van der Waals surface area contributed by atoms with E-state index in [0.717, 1.165) is 29.4 Å². The Bertz CT molecular complexity index is 889. The van der Waals surface area contributed by atoms with E-state index in [1.165, 1.54) is 4.90 Å². The van der Waals surface area contributed by atoms with E-state index in [9.17, 15) is 14.4 Å². The Morgan fingerprint density at radius 1 is 1.25 bits per heavy atom. The molecule has 1 N–H and O–H groups in total. The lowest BCUT2D eigenvalue weighted by Crippen LogP contribution is -2.48. The third-order valence-corrected chi connectivity index (χ3v) is 5.79. The molecular weight excluding hydrogens is 376 g/mol. The molecule has 0 aliphatic carbocycles. The second-order valence-corrected chi connectivity index (χ2v) is 7.67. The fourth-order valence-electron chi connectivity index (χ4n) is 3.50. The first kappa shape index (κ1) is 18.6. The highest BCUT2D eigenvalue weighted by atomic mass is 32.2. The Balaban J connectivity index is 1.55. The molecular formula is C20H20N4O3S. The molecule has 1 aromatic carbocycles. The molecule has 1 atom stereocenters. The number of benzene rings is 1. The van der Waals surface area contributed by atoms with Gasteiger partial charge in [-0.25, -0.2) is 0 Å². The van der Waals surface area contributed by atoms with Gasteiger partial charge in [-0.05, 0) is 29.3 Å². The van der Waals surface area contributed by atoms with Crippen molar-refractivity contribution in [2.45, 2.75) is 12.6 Å². The zero-order valence-corrected chi connectivity index (χ0v) is 16.0. The van der Waals surface area contributed by atoms with Crippen LogP contribution in [0.15, 0.2) is 48.8 Å². The van der Waals surface area contributed by atoms with E-state index in [1.807, 2.05) is 23.1 Å². The van der Waals surface area contributed by atoms with E-state index in [-0.39, 0.29) is 35.4 Å². The highest BCUT2D eigenvalue weighted by Crippen LogP contribution is 2.25. The molecule has 2 aromatic rings. The summed E-state index contributed by atoms with van der Waals surface area (Å²) in [6.45, 7) is 2.20. The number of nitrogens with zero attached hydrogens (tertiary/aromatic N) is 3. The van der Waals surface area contributed by atoms with Crippen molar-refractivity contribution in [1.82, 2.24) is 20.1 Å². The Kier molecular flexibility index (Phi) is 5.40. The lowest BCUT2D eigenvalue weighted by atomic mass is 10.0. The Labute approximate surface area is 167 Å². The van der Waals surface area contributed by atoms with Crippen LogP contribution in [0.5, 0.6) is 0 Å². The molecule has 0 radical (unpaired) electrons. The van der Waals surface area contributed by atoms with E-state index in [4.69, 9.17) is 0 Å². The molecule has 2 aliphatic heterocycles. The topological polar surface area (TPSA) is 82.6 Å². The molecule has 0 saturated carbocycles. The molecule has 1 unspecified atom stereocenters. The van der Waals surface area contributed by atoms with Crippen molar-refractivity contribution in [1.29, 1.82) is 0 Å². The van der Waals surface area contributed by atoms with Gasteiger partial charge >= 0.3 is 0 Å². The summed E-state index contributed by atoms with van der Waals surface area (Å²) < 4.78 is 0. The van der Waals surface area contributed by atoms with Crippen LogP contribution in [0.3, 0.4) is 0 Å². The molecule has 0 bridgehead atoms. The zero-order chi connectivity index (χ0) is 19.5. The van der Waals surface area contributed by atoms with Crippen LogP contribution in [0.25, 0.3) is 0 Å². The van der Waals surface area contributed by atoms with Gasteiger partial charge in [-0.3, -0.25) is 24.3 Å². The second kappa shape index (κ2) is 8.12. The van der Waals surface area contributed by atoms with Gasteiger partial charge in [-0.1, -0.05) is 30.0 Å². The predicted octanol–water partition coefficient (Wildman–Crippen LogP) is 2.06. The van der Waals surface area contributed by atoms with Crippen LogP contribution in [-0.2, 0) is 11.3 Å². The first-order valence-corrected chi connectivity index (χ1v) is 10.1. The Morgan fingerprint density at radius 3 is 2.89 bits per heavy atom. The molecule has 3 heterocycles. The molecule has 3 amide bonds. The van der Waals surface area contributed by atoms with Crippen molar-refractivity contribution in [2.75, 3.05) is 25.4 Å². The second-order valence-electron chi connectivity index (χ2n) is 6.74. The number of carbonyl (C=O) groups excluding carboxylic acids is 3. The van der Waals surface area contributed by atoms with Gasteiger partial charge in [0.25, 0.3) is 11.1 Å². The summed E-state index contributed by atoms with van der Waals surface area (Å²) >= 11 is 1.01. The largest absolute Gasteiger partial charge is 0.329 e. The van der Waals surface area contributed by atoms with Crippen molar-refractivity contribution in [2.24, 2.45) is 0 Å². The number of rotatable bonds is 4. The number of thioether (sulfide) groups is 1. The number of imide groups is 1. The van der Waals surface area contributed by atoms with E-state index in [0.29, 0.717) is 18.7 Å². The fraction of sp³-hybridized carbons (Fsp3) is 0.300. The van der Waals surface area contributed by atoms with E-state index >= 15 is 0 Å². The zero-order valence-electron chi connectivity index (χ0n) is 15.2. The number of hydrogen-bond donors (Lipinski definition) is 1. The van der Waals surface area contributed by atoms with E-state index in [2.05, 4.69) is 10.3 Å². The molecule has 2 fully saturated rings. The molecule has 1 aromatic heterocycles. The van der Waals surface area contributed by atoms with Crippen LogP contribution in [0, 0.1) is 0 Å². The summed E-state index contributed by atoms with van der Waals surface area (Å²) in [5.41, 5.74) is 2.31. The van der Waals surface area contributed by atoms with Gasteiger partial charge in [-0.2, -0.15) is 0 Å². The third kappa shape index (κ3) is 3.79. The number of amides is 3. The molecule has 8 heteroatoms. The maximum absolute atomic E-state index is 13.2. The summed E-state index contributed by atoms with van der Waals surface area (Å²) in [6, 6.07) is 10.9. The summed E-state index contributed by atoms with van der Waals surface area (Å²) in [5.74, 6) is -0.0680. The smallest absolute Gasteiger partial charge is 0.289 e. The first-order valence-electron chi connectivity index (χ1n) is 9.11. The van der Waals surface area contributed by atoms with E-state index < -0.39 is 0 Å². The number of hydrogen-bond acceptors (Lipinski definition) is 6. The lowest BCUT2D eigenvalue weighted by molar-refractivity contribution is -0.125. The van der Waals surface area contributed by atoms with Gasteiger partial charge in [-0.15, -0.1) is 0 Å². The number of aromatic nitrogens is 1. The highest BCUT2D eigenvalue weighted by molar-refractivity contribution is 8.14. The maximum Gasteiger partial charge on any atom is 0.289 e.